The topological polar surface area (TPSA) is 24.5 Å². The second-order valence-corrected chi connectivity index (χ2v) is 4.83. The van der Waals surface area contributed by atoms with Crippen LogP contribution < -0.4 is 5.32 Å². The summed E-state index contributed by atoms with van der Waals surface area (Å²) in [6.45, 7) is 8.78. The smallest absolute Gasteiger partial charge is 0.0628 e. The fourth-order valence-electron chi connectivity index (χ4n) is 2.16. The number of ether oxygens (including phenoxy) is 1. The molecule has 16 heavy (non-hydrogen) atoms. The van der Waals surface area contributed by atoms with Crippen LogP contribution in [0.3, 0.4) is 0 Å². The van der Waals surface area contributed by atoms with E-state index in [-0.39, 0.29) is 0 Å². The number of rotatable bonds is 10. The van der Waals surface area contributed by atoms with E-state index in [4.69, 9.17) is 4.74 Å². The molecule has 0 aromatic rings. The average molecular weight is 228 g/mol. The monoisotopic (exact) mass is 228 g/mol. The Morgan fingerprint density at radius 3 is 2.56 bits per heavy atom. The summed E-state index contributed by atoms with van der Waals surface area (Å²) < 4.78 is 5.29. The van der Waals surface area contributed by atoms with E-state index in [1.807, 2.05) is 0 Å². The van der Waals surface area contributed by atoms with Crippen molar-refractivity contribution >= 4 is 0 Å². The van der Waals surface area contributed by atoms with Gasteiger partial charge in [-0.15, -0.1) is 0 Å². The van der Waals surface area contributed by atoms with Crippen LogP contribution in [0.1, 0.15) is 39.5 Å². The summed E-state index contributed by atoms with van der Waals surface area (Å²) in [7, 11) is 1.79. The summed E-state index contributed by atoms with van der Waals surface area (Å²) >= 11 is 0. The molecular weight excluding hydrogens is 200 g/mol. The Bertz CT molecular complexity index is 171. The third-order valence-electron chi connectivity index (χ3n) is 3.08. The Morgan fingerprint density at radius 1 is 1.31 bits per heavy atom. The fourth-order valence-corrected chi connectivity index (χ4v) is 2.16. The summed E-state index contributed by atoms with van der Waals surface area (Å²) in [5, 5.41) is 3.58. The van der Waals surface area contributed by atoms with Gasteiger partial charge in [0.05, 0.1) is 6.61 Å². The number of hydrogen-bond acceptors (Lipinski definition) is 3. The van der Waals surface area contributed by atoms with Crippen LogP contribution in [0.15, 0.2) is 0 Å². The van der Waals surface area contributed by atoms with E-state index in [0.717, 1.165) is 25.7 Å². The Balaban J connectivity index is 2.30. The number of hydrogen-bond donors (Lipinski definition) is 1. The van der Waals surface area contributed by atoms with Crippen molar-refractivity contribution in [3.05, 3.63) is 0 Å². The molecule has 1 unspecified atom stereocenters. The van der Waals surface area contributed by atoms with Crippen molar-refractivity contribution in [2.45, 2.75) is 51.6 Å². The molecule has 1 aliphatic rings. The minimum Gasteiger partial charge on any atom is -0.383 e. The molecule has 1 rings (SSSR count). The molecule has 0 aliphatic heterocycles. The van der Waals surface area contributed by atoms with Crippen LogP contribution in [0.4, 0.5) is 0 Å². The molecule has 0 aromatic heterocycles. The van der Waals surface area contributed by atoms with Gasteiger partial charge in [0.25, 0.3) is 0 Å². The SMILES string of the molecule is CCCNC(COC)CN(CCC)C1CC1. The van der Waals surface area contributed by atoms with Gasteiger partial charge in [-0.1, -0.05) is 13.8 Å². The summed E-state index contributed by atoms with van der Waals surface area (Å²) in [6.07, 6.45) is 5.24. The van der Waals surface area contributed by atoms with E-state index in [1.54, 1.807) is 7.11 Å². The molecule has 1 fully saturated rings. The van der Waals surface area contributed by atoms with Crippen molar-refractivity contribution in [3.8, 4) is 0 Å². The highest BCUT2D eigenvalue weighted by Crippen LogP contribution is 2.26. The van der Waals surface area contributed by atoms with Gasteiger partial charge in [0.15, 0.2) is 0 Å². The van der Waals surface area contributed by atoms with Gasteiger partial charge in [-0.3, -0.25) is 4.90 Å². The summed E-state index contributed by atoms with van der Waals surface area (Å²) in [4.78, 5) is 2.63. The third kappa shape index (κ3) is 5.28. The largest absolute Gasteiger partial charge is 0.383 e. The Labute approximate surface area is 101 Å². The highest BCUT2D eigenvalue weighted by atomic mass is 16.5. The molecule has 96 valence electrons. The highest BCUT2D eigenvalue weighted by Gasteiger charge is 2.29. The van der Waals surface area contributed by atoms with Gasteiger partial charge >= 0.3 is 0 Å². The maximum atomic E-state index is 5.29. The average Bonchev–Trinajstić information content (AvgIpc) is 3.09. The quantitative estimate of drug-likeness (QED) is 0.618. The normalized spacial score (nSPS) is 18.0. The second-order valence-electron chi connectivity index (χ2n) is 4.83. The van der Waals surface area contributed by atoms with E-state index >= 15 is 0 Å². The molecule has 0 saturated heterocycles. The molecule has 1 saturated carbocycles. The minimum absolute atomic E-state index is 0.497. The van der Waals surface area contributed by atoms with E-state index in [1.165, 1.54) is 32.2 Å². The molecule has 3 nitrogen and oxygen atoms in total. The zero-order valence-corrected chi connectivity index (χ0v) is 11.2. The first-order chi connectivity index (χ1) is 7.81. The van der Waals surface area contributed by atoms with Crippen LogP contribution in [-0.4, -0.2) is 50.3 Å². The van der Waals surface area contributed by atoms with Crippen molar-refractivity contribution in [1.82, 2.24) is 10.2 Å². The first-order valence-electron chi connectivity index (χ1n) is 6.78. The lowest BCUT2D eigenvalue weighted by Crippen LogP contribution is -2.45. The lowest BCUT2D eigenvalue weighted by molar-refractivity contribution is 0.135. The first-order valence-corrected chi connectivity index (χ1v) is 6.78. The predicted octanol–water partition coefficient (Wildman–Crippen LogP) is 1.88. The van der Waals surface area contributed by atoms with E-state index in [2.05, 4.69) is 24.1 Å². The molecule has 0 radical (unpaired) electrons. The lowest BCUT2D eigenvalue weighted by atomic mass is 10.2. The highest BCUT2D eigenvalue weighted by molar-refractivity contribution is 4.86. The van der Waals surface area contributed by atoms with Gasteiger partial charge in [0, 0.05) is 25.7 Å². The molecule has 0 heterocycles. The van der Waals surface area contributed by atoms with Gasteiger partial charge in [0.2, 0.25) is 0 Å². The molecule has 0 amide bonds. The van der Waals surface area contributed by atoms with Gasteiger partial charge < -0.3 is 10.1 Å². The molecule has 0 bridgehead atoms. The van der Waals surface area contributed by atoms with Crippen molar-refractivity contribution in [2.24, 2.45) is 0 Å². The predicted molar refractivity (Wildman–Crippen MR) is 68.8 cm³/mol. The first kappa shape index (κ1) is 13.9. The Kier molecular flexibility index (Phi) is 7.01. The van der Waals surface area contributed by atoms with Gasteiger partial charge in [-0.2, -0.15) is 0 Å². The fraction of sp³-hybridized carbons (Fsp3) is 1.00. The lowest BCUT2D eigenvalue weighted by Gasteiger charge is -2.27. The number of nitrogens with one attached hydrogen (secondary N) is 1. The van der Waals surface area contributed by atoms with Crippen molar-refractivity contribution in [3.63, 3.8) is 0 Å². The van der Waals surface area contributed by atoms with Crippen molar-refractivity contribution in [2.75, 3.05) is 33.4 Å². The molecular formula is C13H28N2O. The summed E-state index contributed by atoms with van der Waals surface area (Å²) in [5.41, 5.74) is 0. The summed E-state index contributed by atoms with van der Waals surface area (Å²) in [6, 6.07) is 1.36. The number of nitrogens with zero attached hydrogens (tertiary/aromatic N) is 1. The van der Waals surface area contributed by atoms with Gasteiger partial charge in [-0.05, 0) is 38.8 Å². The van der Waals surface area contributed by atoms with E-state index in [0.29, 0.717) is 6.04 Å². The van der Waals surface area contributed by atoms with Crippen LogP contribution in [-0.2, 0) is 4.74 Å². The van der Waals surface area contributed by atoms with E-state index < -0.39 is 0 Å². The van der Waals surface area contributed by atoms with Crippen LogP contribution in [0.25, 0.3) is 0 Å². The second kappa shape index (κ2) is 8.04. The summed E-state index contributed by atoms with van der Waals surface area (Å²) in [5.74, 6) is 0. The van der Waals surface area contributed by atoms with Crippen molar-refractivity contribution in [1.29, 1.82) is 0 Å². The molecule has 1 aliphatic carbocycles. The molecule has 3 heteroatoms. The standard InChI is InChI=1S/C13H28N2O/c1-4-8-14-12(11-16-3)10-15(9-5-2)13-6-7-13/h12-14H,4-11H2,1-3H3. The van der Waals surface area contributed by atoms with Crippen molar-refractivity contribution < 1.29 is 4.74 Å². The molecule has 1 atom stereocenters. The van der Waals surface area contributed by atoms with Crippen LogP contribution >= 0.6 is 0 Å². The maximum Gasteiger partial charge on any atom is 0.0628 e. The molecule has 1 N–H and O–H groups in total. The van der Waals surface area contributed by atoms with Crippen LogP contribution in [0.2, 0.25) is 0 Å². The van der Waals surface area contributed by atoms with Crippen LogP contribution in [0.5, 0.6) is 0 Å². The van der Waals surface area contributed by atoms with E-state index in [9.17, 15) is 0 Å². The van der Waals surface area contributed by atoms with Crippen LogP contribution in [0, 0.1) is 0 Å². The molecule has 0 spiro atoms. The zero-order chi connectivity index (χ0) is 11.8. The Hall–Kier alpha value is -0.120. The van der Waals surface area contributed by atoms with Gasteiger partial charge in [0.1, 0.15) is 0 Å². The minimum atomic E-state index is 0.497. The van der Waals surface area contributed by atoms with Gasteiger partial charge in [-0.25, -0.2) is 0 Å². The number of methoxy groups -OCH3 is 1. The molecule has 0 aromatic carbocycles. The zero-order valence-electron chi connectivity index (χ0n) is 11.2. The maximum absolute atomic E-state index is 5.29. The Morgan fingerprint density at radius 2 is 2.06 bits per heavy atom. The third-order valence-corrected chi connectivity index (χ3v) is 3.08.